The minimum absolute atomic E-state index is 0.0410. The van der Waals surface area contributed by atoms with Crippen LogP contribution in [0, 0.1) is 0 Å². The van der Waals surface area contributed by atoms with Crippen LogP contribution in [0.25, 0.3) is 57.2 Å². The predicted octanol–water partition coefficient (Wildman–Crippen LogP) is 5.09. The number of anilines is 3. The number of rotatable bonds is 11. The maximum Gasteiger partial charge on any atom is 0.259 e. The zero-order valence-corrected chi connectivity index (χ0v) is 35.0. The summed E-state index contributed by atoms with van der Waals surface area (Å²) in [5.41, 5.74) is 23.8. The van der Waals surface area contributed by atoms with Crippen LogP contribution in [0.5, 0.6) is 0 Å². The molecule has 0 radical (unpaired) electrons. The second-order valence-corrected chi connectivity index (χ2v) is 15.7. The van der Waals surface area contributed by atoms with Gasteiger partial charge in [-0.2, -0.15) is 38.9 Å². The Morgan fingerprint density at radius 1 is 0.594 bits per heavy atom. The number of benzene rings is 2. The Balaban J connectivity index is 0.000000141. The lowest BCUT2D eigenvalue weighted by Gasteiger charge is -2.07. The Hall–Kier alpha value is -8.43. The molecule has 8 aromatic heterocycles. The van der Waals surface area contributed by atoms with Crippen molar-refractivity contribution in [3.63, 3.8) is 0 Å². The number of nitrogen functional groups attached to an aromatic ring is 2. The molecule has 8 heterocycles. The molecule has 20 nitrogen and oxygen atoms in total. The van der Waals surface area contributed by atoms with Crippen LogP contribution in [0.2, 0.25) is 0 Å². The Kier molecular flexibility index (Phi) is 12.6. The Labute approximate surface area is 365 Å². The van der Waals surface area contributed by atoms with Crippen molar-refractivity contribution in [3.8, 4) is 45.7 Å². The second kappa shape index (κ2) is 19.1. The van der Waals surface area contributed by atoms with Gasteiger partial charge in [0.1, 0.15) is 0 Å². The van der Waals surface area contributed by atoms with Crippen molar-refractivity contribution in [1.82, 2.24) is 59.1 Å². The Bertz CT molecular complexity index is 3180. The molecule has 21 heteroatoms. The van der Waals surface area contributed by atoms with Gasteiger partial charge in [-0.25, -0.2) is 8.42 Å². The van der Waals surface area contributed by atoms with Crippen molar-refractivity contribution < 1.29 is 17.3 Å². The van der Waals surface area contributed by atoms with Gasteiger partial charge in [0, 0.05) is 36.3 Å². The summed E-state index contributed by atoms with van der Waals surface area (Å²) in [6.45, 7) is 1.35. The van der Waals surface area contributed by atoms with Gasteiger partial charge in [-0.1, -0.05) is 60.7 Å². The number of hydrogen-bond acceptors (Lipinski definition) is 18. The summed E-state index contributed by atoms with van der Waals surface area (Å²) in [5, 5.41) is 11.1. The van der Waals surface area contributed by atoms with Gasteiger partial charge in [0.15, 0.2) is 11.5 Å². The van der Waals surface area contributed by atoms with E-state index in [0.717, 1.165) is 46.1 Å². The van der Waals surface area contributed by atoms with Crippen LogP contribution < -0.4 is 22.5 Å². The molecule has 64 heavy (non-hydrogen) atoms. The summed E-state index contributed by atoms with van der Waals surface area (Å²) >= 11 is 0. The molecule has 0 spiro atoms. The molecule has 0 atom stereocenters. The highest BCUT2D eigenvalue weighted by molar-refractivity contribution is 7.90. The van der Waals surface area contributed by atoms with E-state index in [4.69, 9.17) is 26.0 Å². The maximum absolute atomic E-state index is 11.4. The van der Waals surface area contributed by atoms with E-state index in [1.807, 2.05) is 42.6 Å². The molecular weight excluding hydrogens is 837 g/mol. The number of sulfone groups is 1. The third-order valence-corrected chi connectivity index (χ3v) is 10.1. The number of furan rings is 2. The zero-order valence-electron chi connectivity index (χ0n) is 34.2. The summed E-state index contributed by atoms with van der Waals surface area (Å²) in [5.74, 6) is 2.51. The molecule has 10 aromatic rings. The molecule has 0 aliphatic rings. The van der Waals surface area contributed by atoms with Gasteiger partial charge < -0.3 is 31.4 Å². The lowest BCUT2D eigenvalue weighted by molar-refractivity contribution is 0.577. The van der Waals surface area contributed by atoms with E-state index in [2.05, 4.69) is 104 Å². The molecule has 0 bridgehead atoms. The third-order valence-electron chi connectivity index (χ3n) is 9.22. The van der Waals surface area contributed by atoms with E-state index >= 15 is 0 Å². The van der Waals surface area contributed by atoms with E-state index in [9.17, 15) is 8.42 Å². The van der Waals surface area contributed by atoms with Crippen LogP contribution in [0.15, 0.2) is 148 Å². The minimum atomic E-state index is -3.57. The van der Waals surface area contributed by atoms with Gasteiger partial charge in [-0.3, -0.25) is 9.97 Å². The molecule has 10 rings (SSSR count). The highest BCUT2D eigenvalue weighted by Gasteiger charge is 2.19. The van der Waals surface area contributed by atoms with Gasteiger partial charge in [0.25, 0.3) is 16.7 Å². The standard InChI is InChI=1S/C21H18N8O.C13H14N2.C9H8N6O3S/c22-19-26-20(27-21-25-18(28-29(19)21)17-5-3-13-30-17)24-12-10-14-6-8-15(9-7-14)16-4-1-2-11-23-16;14-9-8-11-4-6-12(7-5-11)13-3-1-2-10-15-13;1-19(16,17)9-12-7(10)15-8(13-9)11-6(14-15)5-3-2-4-18-5/h1-9,11,13H,10,12H2,(H3,22,24,25,26,27,28);1-7,10H,8-9,14H2;2-4H,1H3,(H2,10,11,12,13,14). The van der Waals surface area contributed by atoms with Crippen LogP contribution >= 0.6 is 0 Å². The van der Waals surface area contributed by atoms with E-state index in [0.29, 0.717) is 42.2 Å². The van der Waals surface area contributed by atoms with Gasteiger partial charge in [0.05, 0.1) is 23.9 Å². The molecule has 0 unspecified atom stereocenters. The largest absolute Gasteiger partial charge is 0.461 e. The average Bonchev–Trinajstić information content (AvgIpc) is 4.16. The molecular formula is C43H40N16O4S. The van der Waals surface area contributed by atoms with E-state index in [-0.39, 0.29) is 23.5 Å². The smallest absolute Gasteiger partial charge is 0.259 e. The fraction of sp³-hybridized carbons (Fsp3) is 0.116. The Morgan fingerprint density at radius 3 is 1.58 bits per heavy atom. The molecule has 0 saturated heterocycles. The number of fused-ring (bicyclic) bond motifs is 2. The van der Waals surface area contributed by atoms with Crippen LogP contribution in [0.4, 0.5) is 17.8 Å². The van der Waals surface area contributed by atoms with Crippen LogP contribution in [0.3, 0.4) is 0 Å². The van der Waals surface area contributed by atoms with Crippen molar-refractivity contribution in [3.05, 3.63) is 145 Å². The number of aromatic nitrogens is 12. The molecule has 7 N–H and O–H groups in total. The van der Waals surface area contributed by atoms with Gasteiger partial charge in [-0.05, 0) is 79.0 Å². The first-order valence-corrected chi connectivity index (χ1v) is 21.5. The van der Waals surface area contributed by atoms with Crippen molar-refractivity contribution in [2.45, 2.75) is 18.0 Å². The number of nitrogens with one attached hydrogen (secondary N) is 1. The summed E-state index contributed by atoms with van der Waals surface area (Å²) in [6.07, 6.45) is 9.36. The lowest BCUT2D eigenvalue weighted by Crippen LogP contribution is -2.12. The van der Waals surface area contributed by atoms with Gasteiger partial charge >= 0.3 is 0 Å². The SMILES string of the molecule is CS(=O)(=O)c1nc(N)n2nc(-c3ccco3)nc2n1.NCCc1ccc(-c2ccccn2)cc1.Nc1nc(NCCc2ccc(-c3ccccn3)cc2)nc2nc(-c3ccco3)nn12. The van der Waals surface area contributed by atoms with E-state index in [1.54, 1.807) is 36.7 Å². The third kappa shape index (κ3) is 10.2. The van der Waals surface area contributed by atoms with Crippen molar-refractivity contribution >= 4 is 39.2 Å². The number of hydrogen-bond donors (Lipinski definition) is 4. The summed E-state index contributed by atoms with van der Waals surface area (Å²) < 4.78 is 35.8. The fourth-order valence-electron chi connectivity index (χ4n) is 6.09. The van der Waals surface area contributed by atoms with Crippen LogP contribution in [-0.4, -0.2) is 86.9 Å². The molecule has 0 aliphatic heterocycles. The van der Waals surface area contributed by atoms with Crippen molar-refractivity contribution in [2.24, 2.45) is 5.73 Å². The quantitative estimate of drug-likeness (QED) is 0.131. The van der Waals surface area contributed by atoms with Crippen molar-refractivity contribution in [2.75, 3.05) is 36.1 Å². The number of nitrogens with zero attached hydrogens (tertiary/aromatic N) is 12. The van der Waals surface area contributed by atoms with Gasteiger partial charge in [0.2, 0.25) is 39.3 Å². The van der Waals surface area contributed by atoms with Crippen LogP contribution in [-0.2, 0) is 22.7 Å². The summed E-state index contributed by atoms with van der Waals surface area (Å²) in [6, 6.07) is 35.4. The van der Waals surface area contributed by atoms with Gasteiger partial charge in [-0.15, -0.1) is 10.2 Å². The second-order valence-electron chi connectivity index (χ2n) is 13.8. The molecule has 0 saturated carbocycles. The highest BCUT2D eigenvalue weighted by atomic mass is 32.2. The normalized spacial score (nSPS) is 11.2. The first-order valence-electron chi connectivity index (χ1n) is 19.6. The van der Waals surface area contributed by atoms with E-state index in [1.165, 1.54) is 21.9 Å². The molecule has 0 amide bonds. The molecule has 322 valence electrons. The van der Waals surface area contributed by atoms with Crippen molar-refractivity contribution in [1.29, 1.82) is 0 Å². The maximum atomic E-state index is 11.4. The predicted molar refractivity (Wildman–Crippen MR) is 239 cm³/mol. The first kappa shape index (κ1) is 42.3. The molecule has 0 aliphatic carbocycles. The topological polar surface area (TPSA) is 288 Å². The number of pyridine rings is 2. The molecule has 2 aromatic carbocycles. The van der Waals surface area contributed by atoms with E-state index < -0.39 is 15.0 Å². The number of nitrogens with two attached hydrogens (primary N) is 3. The average molecular weight is 877 g/mol. The summed E-state index contributed by atoms with van der Waals surface area (Å²) in [4.78, 5) is 33.2. The molecule has 0 fully saturated rings. The summed E-state index contributed by atoms with van der Waals surface area (Å²) in [7, 11) is -3.57. The monoisotopic (exact) mass is 876 g/mol. The fourth-order valence-corrected chi connectivity index (χ4v) is 6.60. The van der Waals surface area contributed by atoms with Crippen LogP contribution in [0.1, 0.15) is 11.1 Å². The highest BCUT2D eigenvalue weighted by Crippen LogP contribution is 2.21. The minimum Gasteiger partial charge on any atom is -0.461 e. The first-order chi connectivity index (χ1) is 31.1. The lowest BCUT2D eigenvalue weighted by atomic mass is 10.1. The zero-order chi connectivity index (χ0) is 44.5. The Morgan fingerprint density at radius 2 is 1.11 bits per heavy atom.